The average Bonchev–Trinajstić information content (AvgIpc) is 2.70. The van der Waals surface area contributed by atoms with Gasteiger partial charge in [-0.2, -0.15) is 0 Å². The molecule has 1 fully saturated rings. The van der Waals surface area contributed by atoms with Gasteiger partial charge in [0.25, 0.3) is 0 Å². The monoisotopic (exact) mass is 178 g/mol. The lowest BCUT2D eigenvalue weighted by Gasteiger charge is -2.32. The summed E-state index contributed by atoms with van der Waals surface area (Å²) >= 11 is 0. The lowest BCUT2D eigenvalue weighted by atomic mass is 9.90. The summed E-state index contributed by atoms with van der Waals surface area (Å²) in [5.41, 5.74) is 0. The number of nitrogens with one attached hydrogen (secondary N) is 1. The van der Waals surface area contributed by atoms with Gasteiger partial charge in [-0.3, -0.25) is 0 Å². The molecule has 1 heterocycles. The molecule has 2 unspecified atom stereocenters. The molecule has 2 nitrogen and oxygen atoms in total. The van der Waals surface area contributed by atoms with Gasteiger partial charge in [0, 0.05) is 24.5 Å². The van der Waals surface area contributed by atoms with E-state index >= 15 is 0 Å². The fourth-order valence-corrected chi connectivity index (χ4v) is 2.37. The lowest BCUT2D eigenvalue weighted by Crippen LogP contribution is -2.37. The van der Waals surface area contributed by atoms with E-state index in [1.807, 2.05) is 0 Å². The summed E-state index contributed by atoms with van der Waals surface area (Å²) in [6, 6.07) is 5.57. The predicted octanol–water partition coefficient (Wildman–Crippen LogP) is 2.19. The van der Waals surface area contributed by atoms with E-state index in [4.69, 9.17) is 0 Å². The molecule has 13 heavy (non-hydrogen) atoms. The van der Waals surface area contributed by atoms with Gasteiger partial charge in [0.15, 0.2) is 0 Å². The summed E-state index contributed by atoms with van der Waals surface area (Å²) in [6.45, 7) is 0. The van der Waals surface area contributed by atoms with Crippen molar-refractivity contribution in [2.24, 2.45) is 0 Å². The minimum atomic E-state index is 0.668. The van der Waals surface area contributed by atoms with Gasteiger partial charge in [-0.05, 0) is 32.0 Å². The largest absolute Gasteiger partial charge is 0.350 e. The third kappa shape index (κ3) is 1.78. The molecule has 1 aliphatic rings. The van der Waals surface area contributed by atoms with E-state index in [9.17, 15) is 0 Å². The van der Waals surface area contributed by atoms with Gasteiger partial charge in [0.1, 0.15) is 0 Å². The number of rotatable bonds is 2. The van der Waals surface area contributed by atoms with Crippen LogP contribution in [0.15, 0.2) is 24.5 Å². The average molecular weight is 178 g/mol. The SMILES string of the molecule is CNC1CCCCC1n1cccc1. The van der Waals surface area contributed by atoms with E-state index < -0.39 is 0 Å². The van der Waals surface area contributed by atoms with Gasteiger partial charge in [-0.25, -0.2) is 0 Å². The lowest BCUT2D eigenvalue weighted by molar-refractivity contribution is 0.275. The van der Waals surface area contributed by atoms with E-state index in [2.05, 4.69) is 41.5 Å². The summed E-state index contributed by atoms with van der Waals surface area (Å²) in [5.74, 6) is 0. The van der Waals surface area contributed by atoms with Crippen molar-refractivity contribution in [1.82, 2.24) is 9.88 Å². The fourth-order valence-electron chi connectivity index (χ4n) is 2.37. The second-order valence-electron chi connectivity index (χ2n) is 3.88. The number of hydrogen-bond donors (Lipinski definition) is 1. The quantitative estimate of drug-likeness (QED) is 0.734. The molecule has 1 saturated carbocycles. The molecule has 0 radical (unpaired) electrons. The smallest absolute Gasteiger partial charge is 0.0483 e. The molecule has 0 aliphatic heterocycles. The Morgan fingerprint density at radius 1 is 1.15 bits per heavy atom. The summed E-state index contributed by atoms with van der Waals surface area (Å²) in [6.07, 6.45) is 9.75. The number of likely N-dealkylation sites (N-methyl/N-ethyl adjacent to an activating group) is 1. The van der Waals surface area contributed by atoms with Crippen LogP contribution in [0.1, 0.15) is 31.7 Å². The fraction of sp³-hybridized carbons (Fsp3) is 0.636. The Morgan fingerprint density at radius 3 is 2.54 bits per heavy atom. The second kappa shape index (κ2) is 3.97. The maximum absolute atomic E-state index is 3.42. The van der Waals surface area contributed by atoms with Crippen LogP contribution in [-0.2, 0) is 0 Å². The van der Waals surface area contributed by atoms with Crippen molar-refractivity contribution < 1.29 is 0 Å². The Balaban J connectivity index is 2.11. The maximum atomic E-state index is 3.42. The highest BCUT2D eigenvalue weighted by molar-refractivity contribution is 4.96. The van der Waals surface area contributed by atoms with Crippen LogP contribution in [0.3, 0.4) is 0 Å². The zero-order chi connectivity index (χ0) is 9.10. The standard InChI is InChI=1S/C11H18N2/c1-12-10-6-2-3-7-11(10)13-8-4-5-9-13/h4-5,8-12H,2-3,6-7H2,1H3. The van der Waals surface area contributed by atoms with Crippen LogP contribution in [-0.4, -0.2) is 17.7 Å². The first-order chi connectivity index (χ1) is 6.42. The van der Waals surface area contributed by atoms with Crippen LogP contribution in [0, 0.1) is 0 Å². The van der Waals surface area contributed by atoms with Crippen molar-refractivity contribution in [3.05, 3.63) is 24.5 Å². The van der Waals surface area contributed by atoms with Crippen molar-refractivity contribution in [3.8, 4) is 0 Å². The van der Waals surface area contributed by atoms with Crippen molar-refractivity contribution in [2.75, 3.05) is 7.05 Å². The van der Waals surface area contributed by atoms with E-state index in [1.165, 1.54) is 25.7 Å². The van der Waals surface area contributed by atoms with Gasteiger partial charge in [-0.1, -0.05) is 12.8 Å². The van der Waals surface area contributed by atoms with Crippen LogP contribution in [0.4, 0.5) is 0 Å². The first kappa shape index (κ1) is 8.82. The highest BCUT2D eigenvalue weighted by Gasteiger charge is 2.23. The number of aromatic nitrogens is 1. The molecule has 1 aliphatic carbocycles. The Morgan fingerprint density at radius 2 is 1.85 bits per heavy atom. The number of hydrogen-bond acceptors (Lipinski definition) is 1. The minimum absolute atomic E-state index is 0.668. The topological polar surface area (TPSA) is 17.0 Å². The van der Waals surface area contributed by atoms with E-state index in [-0.39, 0.29) is 0 Å². The molecule has 0 spiro atoms. The zero-order valence-corrected chi connectivity index (χ0v) is 8.24. The summed E-state index contributed by atoms with van der Waals surface area (Å²) < 4.78 is 2.35. The van der Waals surface area contributed by atoms with Crippen molar-refractivity contribution in [1.29, 1.82) is 0 Å². The molecular formula is C11H18N2. The molecular weight excluding hydrogens is 160 g/mol. The van der Waals surface area contributed by atoms with Gasteiger partial charge in [-0.15, -0.1) is 0 Å². The normalized spacial score (nSPS) is 29.0. The van der Waals surface area contributed by atoms with Crippen LogP contribution in [0.2, 0.25) is 0 Å². The Bertz CT molecular complexity index is 241. The summed E-state index contributed by atoms with van der Waals surface area (Å²) in [5, 5.41) is 3.42. The van der Waals surface area contributed by atoms with Gasteiger partial charge < -0.3 is 9.88 Å². The van der Waals surface area contributed by atoms with E-state index in [0.717, 1.165) is 0 Å². The molecule has 0 aromatic carbocycles. The molecule has 72 valence electrons. The first-order valence-electron chi connectivity index (χ1n) is 5.21. The van der Waals surface area contributed by atoms with Crippen LogP contribution < -0.4 is 5.32 Å². The molecule has 2 atom stereocenters. The number of nitrogens with zero attached hydrogens (tertiary/aromatic N) is 1. The maximum Gasteiger partial charge on any atom is 0.0483 e. The molecule has 1 aromatic heterocycles. The van der Waals surface area contributed by atoms with Gasteiger partial charge >= 0.3 is 0 Å². The van der Waals surface area contributed by atoms with Crippen molar-refractivity contribution >= 4 is 0 Å². The molecule has 0 saturated heterocycles. The third-order valence-corrected chi connectivity index (χ3v) is 3.11. The highest BCUT2D eigenvalue weighted by Crippen LogP contribution is 2.28. The second-order valence-corrected chi connectivity index (χ2v) is 3.88. The van der Waals surface area contributed by atoms with E-state index in [0.29, 0.717) is 12.1 Å². The first-order valence-corrected chi connectivity index (χ1v) is 5.21. The van der Waals surface area contributed by atoms with Crippen molar-refractivity contribution in [2.45, 2.75) is 37.8 Å². The summed E-state index contributed by atoms with van der Waals surface area (Å²) in [4.78, 5) is 0. The predicted molar refractivity (Wildman–Crippen MR) is 54.8 cm³/mol. The Labute approximate surface area is 79.9 Å². The molecule has 2 heteroatoms. The minimum Gasteiger partial charge on any atom is -0.350 e. The van der Waals surface area contributed by atoms with Crippen LogP contribution in [0.25, 0.3) is 0 Å². The summed E-state index contributed by atoms with van der Waals surface area (Å²) in [7, 11) is 2.08. The molecule has 2 rings (SSSR count). The van der Waals surface area contributed by atoms with Crippen LogP contribution >= 0.6 is 0 Å². The molecule has 0 amide bonds. The van der Waals surface area contributed by atoms with E-state index in [1.54, 1.807) is 0 Å². The van der Waals surface area contributed by atoms with Gasteiger partial charge in [0.05, 0.1) is 0 Å². The highest BCUT2D eigenvalue weighted by atomic mass is 15.0. The third-order valence-electron chi connectivity index (χ3n) is 3.11. The van der Waals surface area contributed by atoms with Crippen molar-refractivity contribution in [3.63, 3.8) is 0 Å². The Kier molecular flexibility index (Phi) is 2.69. The Hall–Kier alpha value is -0.760. The molecule has 1 aromatic rings. The van der Waals surface area contributed by atoms with Crippen LogP contribution in [0.5, 0.6) is 0 Å². The molecule has 0 bridgehead atoms. The zero-order valence-electron chi connectivity index (χ0n) is 8.24. The van der Waals surface area contributed by atoms with Gasteiger partial charge in [0.2, 0.25) is 0 Å². The molecule has 1 N–H and O–H groups in total.